The van der Waals surface area contributed by atoms with Crippen LogP contribution >= 0.6 is 47.8 Å². The van der Waals surface area contributed by atoms with Crippen LogP contribution in [0.25, 0.3) is 0 Å². The minimum absolute atomic E-state index is 0.760. The van der Waals surface area contributed by atoms with Crippen LogP contribution in [-0.4, -0.2) is 4.98 Å². The van der Waals surface area contributed by atoms with Gasteiger partial charge in [0.15, 0.2) is 0 Å². The van der Waals surface area contributed by atoms with Gasteiger partial charge in [-0.2, -0.15) is 0 Å². The summed E-state index contributed by atoms with van der Waals surface area (Å²) < 4.78 is 2.95. The maximum Gasteiger partial charge on any atom is 0.129 e. The van der Waals surface area contributed by atoms with Gasteiger partial charge < -0.3 is 5.32 Å². The number of benzene rings is 1. The molecule has 0 spiro atoms. The lowest BCUT2D eigenvalue weighted by molar-refractivity contribution is 1.12. The first-order valence-corrected chi connectivity index (χ1v) is 7.33. The van der Waals surface area contributed by atoms with Crippen LogP contribution < -0.4 is 5.32 Å². The van der Waals surface area contributed by atoms with E-state index in [-0.39, 0.29) is 0 Å². The highest BCUT2D eigenvalue weighted by Gasteiger charge is 2.01. The van der Waals surface area contributed by atoms with Crippen molar-refractivity contribution >= 4 is 53.5 Å². The molecule has 0 saturated carbocycles. The molecule has 0 saturated heterocycles. The SMILES string of the molecule is Brc1ccc(CNc2cccnc2Br)cc1Br. The van der Waals surface area contributed by atoms with Gasteiger partial charge in [-0.25, -0.2) is 4.98 Å². The van der Waals surface area contributed by atoms with Gasteiger partial charge in [-0.15, -0.1) is 0 Å². The van der Waals surface area contributed by atoms with E-state index < -0.39 is 0 Å². The largest absolute Gasteiger partial charge is 0.379 e. The maximum absolute atomic E-state index is 4.16. The Morgan fingerprint density at radius 2 is 1.88 bits per heavy atom. The fourth-order valence-corrected chi connectivity index (χ4v) is 2.43. The van der Waals surface area contributed by atoms with Crippen molar-refractivity contribution < 1.29 is 0 Å². The van der Waals surface area contributed by atoms with Gasteiger partial charge in [-0.05, 0) is 77.6 Å². The second-order valence-corrected chi connectivity index (χ2v) is 5.90. The molecule has 5 heteroatoms. The molecule has 88 valence electrons. The molecule has 2 nitrogen and oxygen atoms in total. The lowest BCUT2D eigenvalue weighted by atomic mass is 10.2. The van der Waals surface area contributed by atoms with Gasteiger partial charge in [0.2, 0.25) is 0 Å². The van der Waals surface area contributed by atoms with Crippen molar-refractivity contribution in [3.05, 3.63) is 55.6 Å². The van der Waals surface area contributed by atoms with Gasteiger partial charge >= 0.3 is 0 Å². The molecule has 1 N–H and O–H groups in total. The molecule has 0 aliphatic heterocycles. The molecule has 1 aromatic carbocycles. The first-order valence-electron chi connectivity index (χ1n) is 4.95. The van der Waals surface area contributed by atoms with Crippen LogP contribution in [-0.2, 0) is 6.54 Å². The molecule has 2 rings (SSSR count). The van der Waals surface area contributed by atoms with Crippen LogP contribution in [0, 0.1) is 0 Å². The highest BCUT2D eigenvalue weighted by atomic mass is 79.9. The van der Waals surface area contributed by atoms with E-state index >= 15 is 0 Å². The number of pyridine rings is 1. The van der Waals surface area contributed by atoms with E-state index in [0.717, 1.165) is 25.8 Å². The molecule has 0 radical (unpaired) electrons. The first kappa shape index (κ1) is 13.1. The molecule has 0 aliphatic carbocycles. The molecule has 2 aromatic rings. The second kappa shape index (κ2) is 5.98. The summed E-state index contributed by atoms with van der Waals surface area (Å²) in [5.41, 5.74) is 2.20. The normalized spacial score (nSPS) is 10.3. The van der Waals surface area contributed by atoms with Crippen LogP contribution in [0.3, 0.4) is 0 Å². The average molecular weight is 421 g/mol. The van der Waals surface area contributed by atoms with Gasteiger partial charge in [0.1, 0.15) is 4.60 Å². The monoisotopic (exact) mass is 418 g/mol. The number of nitrogens with zero attached hydrogens (tertiary/aromatic N) is 1. The lowest BCUT2D eigenvalue weighted by Gasteiger charge is -2.08. The van der Waals surface area contributed by atoms with Crippen molar-refractivity contribution in [2.45, 2.75) is 6.54 Å². The smallest absolute Gasteiger partial charge is 0.129 e. The standard InChI is InChI=1S/C12H9Br3N2/c13-9-4-3-8(6-10(9)14)7-17-11-2-1-5-16-12(11)15/h1-6,17H,7H2. The van der Waals surface area contributed by atoms with Crippen molar-refractivity contribution in [3.63, 3.8) is 0 Å². The van der Waals surface area contributed by atoms with E-state index in [1.54, 1.807) is 6.20 Å². The first-order chi connectivity index (χ1) is 8.16. The van der Waals surface area contributed by atoms with E-state index in [1.807, 2.05) is 18.2 Å². The van der Waals surface area contributed by atoms with Crippen molar-refractivity contribution in [1.29, 1.82) is 0 Å². The lowest BCUT2D eigenvalue weighted by Crippen LogP contribution is -2.00. The molecule has 1 heterocycles. The zero-order valence-electron chi connectivity index (χ0n) is 8.75. The number of hydrogen-bond donors (Lipinski definition) is 1. The summed E-state index contributed by atoms with van der Waals surface area (Å²) in [7, 11) is 0. The predicted molar refractivity (Wildman–Crippen MR) is 81.1 cm³/mol. The summed E-state index contributed by atoms with van der Waals surface area (Å²) >= 11 is 10.3. The number of aromatic nitrogens is 1. The molecule has 0 unspecified atom stereocenters. The fourth-order valence-electron chi connectivity index (χ4n) is 1.36. The van der Waals surface area contributed by atoms with Crippen molar-refractivity contribution in [2.75, 3.05) is 5.32 Å². The maximum atomic E-state index is 4.16. The molecule has 17 heavy (non-hydrogen) atoms. The van der Waals surface area contributed by atoms with E-state index in [4.69, 9.17) is 0 Å². The summed E-state index contributed by atoms with van der Waals surface area (Å²) in [4.78, 5) is 4.16. The summed E-state index contributed by atoms with van der Waals surface area (Å²) in [6.07, 6.45) is 1.76. The van der Waals surface area contributed by atoms with Gasteiger partial charge in [0, 0.05) is 21.7 Å². The van der Waals surface area contributed by atoms with Crippen LogP contribution in [0.1, 0.15) is 5.56 Å². The Morgan fingerprint density at radius 1 is 1.06 bits per heavy atom. The van der Waals surface area contributed by atoms with Crippen molar-refractivity contribution in [1.82, 2.24) is 4.98 Å². The number of anilines is 1. The van der Waals surface area contributed by atoms with Crippen LogP contribution in [0.15, 0.2) is 50.1 Å². The zero-order valence-corrected chi connectivity index (χ0v) is 13.5. The topological polar surface area (TPSA) is 24.9 Å². The van der Waals surface area contributed by atoms with Crippen LogP contribution in [0.5, 0.6) is 0 Å². The minimum Gasteiger partial charge on any atom is -0.379 e. The van der Waals surface area contributed by atoms with E-state index in [9.17, 15) is 0 Å². The van der Waals surface area contributed by atoms with Gasteiger partial charge in [-0.3, -0.25) is 0 Å². The number of rotatable bonds is 3. The van der Waals surface area contributed by atoms with E-state index in [1.165, 1.54) is 5.56 Å². The molecule has 0 fully saturated rings. The third-order valence-electron chi connectivity index (χ3n) is 2.23. The molecular weight excluding hydrogens is 412 g/mol. The highest BCUT2D eigenvalue weighted by Crippen LogP contribution is 2.25. The summed E-state index contributed by atoms with van der Waals surface area (Å²) in [5.74, 6) is 0. The van der Waals surface area contributed by atoms with Crippen LogP contribution in [0.2, 0.25) is 0 Å². The van der Waals surface area contributed by atoms with Crippen molar-refractivity contribution in [3.8, 4) is 0 Å². The van der Waals surface area contributed by atoms with Crippen molar-refractivity contribution in [2.24, 2.45) is 0 Å². The summed E-state index contributed by atoms with van der Waals surface area (Å²) in [6.45, 7) is 0.760. The van der Waals surface area contributed by atoms with Crippen LogP contribution in [0.4, 0.5) is 5.69 Å². The molecule has 0 aliphatic rings. The Labute approximate surface area is 125 Å². The Balaban J connectivity index is 2.08. The number of hydrogen-bond acceptors (Lipinski definition) is 2. The second-order valence-electron chi connectivity index (χ2n) is 3.44. The molecule has 1 aromatic heterocycles. The summed E-state index contributed by atoms with van der Waals surface area (Å²) in [6, 6.07) is 10.1. The van der Waals surface area contributed by atoms with Gasteiger partial charge in [-0.1, -0.05) is 6.07 Å². The Bertz CT molecular complexity index is 529. The third-order valence-corrected chi connectivity index (χ3v) is 4.74. The van der Waals surface area contributed by atoms with Gasteiger partial charge in [0.05, 0.1) is 5.69 Å². The zero-order chi connectivity index (χ0) is 12.3. The Hall–Kier alpha value is -0.390. The Kier molecular flexibility index (Phi) is 4.59. The predicted octanol–water partition coefficient (Wildman–Crippen LogP) is 4.98. The fraction of sp³-hybridized carbons (Fsp3) is 0.0833. The highest BCUT2D eigenvalue weighted by molar-refractivity contribution is 9.13. The summed E-state index contributed by atoms with van der Waals surface area (Å²) in [5, 5.41) is 3.33. The van der Waals surface area contributed by atoms with E-state index in [2.05, 4.69) is 70.2 Å². The minimum atomic E-state index is 0.760. The molecular formula is C12H9Br3N2. The molecule has 0 bridgehead atoms. The molecule has 0 atom stereocenters. The number of nitrogens with one attached hydrogen (secondary N) is 1. The Morgan fingerprint density at radius 3 is 2.59 bits per heavy atom. The van der Waals surface area contributed by atoms with Gasteiger partial charge in [0.25, 0.3) is 0 Å². The van der Waals surface area contributed by atoms with E-state index in [0.29, 0.717) is 0 Å². The quantitative estimate of drug-likeness (QED) is 0.708. The third kappa shape index (κ3) is 3.53. The molecule has 0 amide bonds. The average Bonchev–Trinajstić information content (AvgIpc) is 2.32. The number of halogens is 3.